The standard InChI is InChI=1S/C13H19AsO2/c1-10(9-14(2)3)13(15)11-6-5-7-12(8-11)16-4/h5-8,10H,9H2,1-4H3. The number of Topliss-reactive ketones (excluding diaryl/α,β-unsaturated/α-hetero) is 1. The molecule has 0 amide bonds. The summed E-state index contributed by atoms with van der Waals surface area (Å²) in [5, 5.41) is 1.07. The number of ether oxygens (including phenoxy) is 1. The van der Waals surface area contributed by atoms with Crippen molar-refractivity contribution in [1.82, 2.24) is 0 Å². The van der Waals surface area contributed by atoms with E-state index >= 15 is 0 Å². The molecule has 0 aliphatic heterocycles. The second-order valence-electron chi connectivity index (χ2n) is 4.26. The first-order valence-electron chi connectivity index (χ1n) is 5.37. The van der Waals surface area contributed by atoms with Gasteiger partial charge in [0.1, 0.15) is 0 Å². The zero-order valence-electron chi connectivity index (χ0n) is 10.4. The molecule has 1 unspecified atom stereocenters. The van der Waals surface area contributed by atoms with E-state index in [-0.39, 0.29) is 11.7 Å². The minimum absolute atomic E-state index is 0.141. The predicted octanol–water partition coefficient (Wildman–Crippen LogP) is 3.27. The Kier molecular flexibility index (Phi) is 5.08. The number of methoxy groups -OCH3 is 1. The number of hydrogen-bond acceptors (Lipinski definition) is 2. The van der Waals surface area contributed by atoms with Crippen molar-refractivity contribution < 1.29 is 9.53 Å². The average Bonchev–Trinajstić information content (AvgIpc) is 2.27. The van der Waals surface area contributed by atoms with Crippen LogP contribution >= 0.6 is 0 Å². The summed E-state index contributed by atoms with van der Waals surface area (Å²) in [7, 11) is 1.62. The molecule has 3 heteroatoms. The molecule has 1 aromatic rings. The zero-order chi connectivity index (χ0) is 12.1. The Bertz CT molecular complexity index is 361. The maximum atomic E-state index is 12.1. The van der Waals surface area contributed by atoms with Crippen LogP contribution in [0.3, 0.4) is 0 Å². The Morgan fingerprint density at radius 3 is 2.69 bits per heavy atom. The van der Waals surface area contributed by atoms with E-state index in [1.165, 1.54) is 0 Å². The van der Waals surface area contributed by atoms with E-state index in [1.807, 2.05) is 31.2 Å². The second-order valence-corrected chi connectivity index (χ2v) is 9.56. The molecule has 0 saturated carbocycles. The average molecular weight is 282 g/mol. The number of carbonyl (C=O) groups is 1. The zero-order valence-corrected chi connectivity index (χ0v) is 12.2. The Morgan fingerprint density at radius 1 is 1.44 bits per heavy atom. The van der Waals surface area contributed by atoms with E-state index in [4.69, 9.17) is 4.74 Å². The van der Waals surface area contributed by atoms with Gasteiger partial charge in [-0.3, -0.25) is 0 Å². The molecular weight excluding hydrogens is 263 g/mol. The summed E-state index contributed by atoms with van der Waals surface area (Å²) in [6.45, 7) is 2.02. The van der Waals surface area contributed by atoms with Crippen LogP contribution in [0.1, 0.15) is 17.3 Å². The second kappa shape index (κ2) is 6.10. The molecule has 0 spiro atoms. The van der Waals surface area contributed by atoms with Crippen LogP contribution in [0.15, 0.2) is 24.3 Å². The normalized spacial score (nSPS) is 12.6. The van der Waals surface area contributed by atoms with E-state index in [2.05, 4.69) is 11.4 Å². The van der Waals surface area contributed by atoms with Crippen molar-refractivity contribution in [3.63, 3.8) is 0 Å². The summed E-state index contributed by atoms with van der Waals surface area (Å²) in [4.78, 5) is 12.1. The molecule has 1 aromatic carbocycles. The number of rotatable bonds is 5. The fraction of sp³-hybridized carbons (Fsp3) is 0.462. The first-order chi connectivity index (χ1) is 7.54. The Balaban J connectivity index is 2.79. The number of benzene rings is 1. The van der Waals surface area contributed by atoms with Crippen LogP contribution in [-0.2, 0) is 0 Å². The Hall–Kier alpha value is -0.752. The summed E-state index contributed by atoms with van der Waals surface area (Å²) >= 11 is -0.741. The van der Waals surface area contributed by atoms with Crippen LogP contribution in [0.5, 0.6) is 5.75 Å². The molecule has 2 nitrogen and oxygen atoms in total. The van der Waals surface area contributed by atoms with Gasteiger partial charge in [0.2, 0.25) is 0 Å². The molecule has 1 atom stereocenters. The third kappa shape index (κ3) is 3.68. The number of carbonyl (C=O) groups excluding carboxylic acids is 1. The van der Waals surface area contributed by atoms with Crippen LogP contribution in [0.2, 0.25) is 16.6 Å². The van der Waals surface area contributed by atoms with Crippen molar-refractivity contribution in [2.75, 3.05) is 7.11 Å². The van der Waals surface area contributed by atoms with Crippen molar-refractivity contribution in [2.45, 2.75) is 23.6 Å². The van der Waals surface area contributed by atoms with Gasteiger partial charge in [0, 0.05) is 0 Å². The monoisotopic (exact) mass is 282 g/mol. The van der Waals surface area contributed by atoms with Gasteiger partial charge in [-0.15, -0.1) is 0 Å². The van der Waals surface area contributed by atoms with Gasteiger partial charge in [0.05, 0.1) is 0 Å². The van der Waals surface area contributed by atoms with Gasteiger partial charge in [0.15, 0.2) is 0 Å². The number of hydrogen-bond donors (Lipinski definition) is 0. The fourth-order valence-corrected chi connectivity index (χ4v) is 4.34. The van der Waals surface area contributed by atoms with Crippen molar-refractivity contribution in [2.24, 2.45) is 5.92 Å². The molecular formula is C13H19AsO2. The van der Waals surface area contributed by atoms with Crippen LogP contribution in [0.25, 0.3) is 0 Å². The van der Waals surface area contributed by atoms with Gasteiger partial charge in [-0.25, -0.2) is 0 Å². The molecule has 0 saturated heterocycles. The molecule has 0 radical (unpaired) electrons. The van der Waals surface area contributed by atoms with Gasteiger partial charge in [0.25, 0.3) is 0 Å². The quantitative estimate of drug-likeness (QED) is 0.612. The predicted molar refractivity (Wildman–Crippen MR) is 68.8 cm³/mol. The van der Waals surface area contributed by atoms with Gasteiger partial charge in [-0.05, 0) is 0 Å². The molecule has 0 fully saturated rings. The third-order valence-electron chi connectivity index (χ3n) is 2.44. The molecule has 1 rings (SSSR count). The topological polar surface area (TPSA) is 26.3 Å². The summed E-state index contributed by atoms with van der Waals surface area (Å²) < 4.78 is 5.12. The summed E-state index contributed by atoms with van der Waals surface area (Å²) in [6.07, 6.45) is 0. The van der Waals surface area contributed by atoms with E-state index in [9.17, 15) is 4.79 Å². The Morgan fingerprint density at radius 2 is 2.12 bits per heavy atom. The van der Waals surface area contributed by atoms with E-state index in [0.717, 1.165) is 16.5 Å². The maximum absolute atomic E-state index is 12.1. The SMILES string of the molecule is COc1cccc(C(=O)C(C)C[As](C)C)c1. The molecule has 16 heavy (non-hydrogen) atoms. The molecule has 0 bridgehead atoms. The molecule has 0 aliphatic carbocycles. The van der Waals surface area contributed by atoms with Crippen LogP contribution in [0, 0.1) is 5.92 Å². The Labute approximate surface area is 102 Å². The fourth-order valence-electron chi connectivity index (χ4n) is 1.69. The van der Waals surface area contributed by atoms with E-state index in [0.29, 0.717) is 0 Å². The molecule has 88 valence electrons. The van der Waals surface area contributed by atoms with Crippen molar-refractivity contribution in [3.8, 4) is 5.75 Å². The van der Waals surface area contributed by atoms with Gasteiger partial charge >= 0.3 is 102 Å². The third-order valence-corrected chi connectivity index (χ3v) is 5.12. The van der Waals surface area contributed by atoms with Crippen molar-refractivity contribution in [3.05, 3.63) is 29.8 Å². The van der Waals surface area contributed by atoms with Gasteiger partial charge in [-0.2, -0.15) is 0 Å². The first kappa shape index (κ1) is 13.3. The van der Waals surface area contributed by atoms with Crippen molar-refractivity contribution in [1.29, 1.82) is 0 Å². The summed E-state index contributed by atoms with van der Waals surface area (Å²) in [5.41, 5.74) is 5.33. The minimum atomic E-state index is -0.741. The van der Waals surface area contributed by atoms with E-state index < -0.39 is 14.7 Å². The summed E-state index contributed by atoms with van der Waals surface area (Å²) in [5.74, 6) is 1.13. The summed E-state index contributed by atoms with van der Waals surface area (Å²) in [6, 6.07) is 7.41. The van der Waals surface area contributed by atoms with Crippen LogP contribution in [0.4, 0.5) is 0 Å². The molecule has 0 heterocycles. The van der Waals surface area contributed by atoms with Gasteiger partial charge in [-0.1, -0.05) is 0 Å². The molecule has 0 aliphatic rings. The number of ketones is 1. The van der Waals surface area contributed by atoms with Gasteiger partial charge < -0.3 is 0 Å². The molecule has 0 aromatic heterocycles. The van der Waals surface area contributed by atoms with Crippen LogP contribution < -0.4 is 4.74 Å². The first-order valence-corrected chi connectivity index (χ1v) is 10.5. The van der Waals surface area contributed by atoms with Crippen molar-refractivity contribution >= 4 is 20.4 Å². The van der Waals surface area contributed by atoms with E-state index in [1.54, 1.807) is 7.11 Å². The molecule has 0 N–H and O–H groups in total. The van der Waals surface area contributed by atoms with Crippen LogP contribution in [-0.4, -0.2) is 27.5 Å².